The first kappa shape index (κ1) is 22.8. The highest BCUT2D eigenvalue weighted by atomic mass is 19.4. The fraction of sp³-hybridized carbons (Fsp3) is 0.273. The van der Waals surface area contributed by atoms with Gasteiger partial charge < -0.3 is 15.2 Å². The van der Waals surface area contributed by atoms with Crippen LogP contribution in [0.2, 0.25) is 0 Å². The minimum absolute atomic E-state index is 0.0283. The van der Waals surface area contributed by atoms with Gasteiger partial charge in [-0.15, -0.1) is 5.10 Å². The Hall–Kier alpha value is -4.00. The topological polar surface area (TPSA) is 95.0 Å². The number of carbonyl (C=O) groups is 1. The van der Waals surface area contributed by atoms with E-state index in [0.29, 0.717) is 5.69 Å². The summed E-state index contributed by atoms with van der Waals surface area (Å²) in [6.07, 6.45) is 0.136. The number of H-pyrrole nitrogens is 1. The molecule has 4 heterocycles. The molecule has 0 radical (unpaired) electrons. The lowest BCUT2D eigenvalue weighted by molar-refractivity contribution is -0.146. The number of para-hydroxylation sites is 1. The smallest absolute Gasteiger partial charge is 0.359 e. The summed E-state index contributed by atoms with van der Waals surface area (Å²) in [5, 5.41) is 11.4. The van der Waals surface area contributed by atoms with E-state index in [2.05, 4.69) is 25.6 Å². The van der Waals surface area contributed by atoms with Crippen LogP contribution < -0.4 is 10.2 Å². The lowest BCUT2D eigenvalue weighted by Crippen LogP contribution is -2.49. The lowest BCUT2D eigenvalue weighted by Gasteiger charge is -2.35. The van der Waals surface area contributed by atoms with Gasteiger partial charge in [-0.25, -0.2) is 14.1 Å². The van der Waals surface area contributed by atoms with E-state index in [-0.39, 0.29) is 43.4 Å². The van der Waals surface area contributed by atoms with Crippen LogP contribution >= 0.6 is 0 Å². The van der Waals surface area contributed by atoms with Crippen molar-refractivity contribution in [3.63, 3.8) is 0 Å². The Labute approximate surface area is 196 Å². The number of nitrogens with one attached hydrogen (secondary N) is 2. The number of benzene rings is 1. The number of hydrogen-bond donors (Lipinski definition) is 2. The van der Waals surface area contributed by atoms with Gasteiger partial charge in [-0.3, -0.25) is 9.69 Å². The lowest BCUT2D eigenvalue weighted by atomic mass is 10.2. The van der Waals surface area contributed by atoms with Crippen molar-refractivity contribution in [2.24, 2.45) is 0 Å². The van der Waals surface area contributed by atoms with Gasteiger partial charge in [0.15, 0.2) is 17.3 Å². The molecule has 0 saturated carbocycles. The third kappa shape index (κ3) is 4.94. The Morgan fingerprint density at radius 2 is 1.91 bits per heavy atom. The Morgan fingerprint density at radius 3 is 2.66 bits per heavy atom. The maximum Gasteiger partial charge on any atom is 0.401 e. The molecule has 3 aromatic heterocycles. The molecular formula is C22H20F4N8O. The van der Waals surface area contributed by atoms with Crippen molar-refractivity contribution in [3.8, 4) is 5.69 Å². The van der Waals surface area contributed by atoms with Crippen LogP contribution in [-0.2, 0) is 0 Å². The molecule has 1 amide bonds. The predicted molar refractivity (Wildman–Crippen MR) is 120 cm³/mol. The van der Waals surface area contributed by atoms with Crippen LogP contribution in [0.4, 0.5) is 29.1 Å². The molecule has 1 aromatic carbocycles. The van der Waals surface area contributed by atoms with Crippen LogP contribution in [0.3, 0.4) is 0 Å². The number of carbonyl (C=O) groups excluding carboxylic acids is 1. The number of anilines is 2. The maximum atomic E-state index is 14.8. The molecule has 1 aliphatic heterocycles. The molecule has 1 aliphatic rings. The largest absolute Gasteiger partial charge is 0.401 e. The second-order valence-corrected chi connectivity index (χ2v) is 8.13. The predicted octanol–water partition coefficient (Wildman–Crippen LogP) is 3.22. The van der Waals surface area contributed by atoms with Gasteiger partial charge in [-0.2, -0.15) is 13.2 Å². The van der Waals surface area contributed by atoms with Crippen molar-refractivity contribution in [3.05, 3.63) is 60.4 Å². The monoisotopic (exact) mass is 488 g/mol. The number of nitrogens with zero attached hydrogens (tertiary/aromatic N) is 6. The number of alkyl halides is 3. The molecular weight excluding hydrogens is 468 g/mol. The number of aromatic nitrogens is 5. The Morgan fingerprint density at radius 1 is 1.14 bits per heavy atom. The first-order valence-electron chi connectivity index (χ1n) is 10.8. The third-order valence-electron chi connectivity index (χ3n) is 5.71. The summed E-state index contributed by atoms with van der Waals surface area (Å²) >= 11 is 0. The molecule has 0 atom stereocenters. The van der Waals surface area contributed by atoms with Crippen LogP contribution in [0.25, 0.3) is 16.6 Å². The second-order valence-electron chi connectivity index (χ2n) is 8.13. The van der Waals surface area contributed by atoms with Crippen molar-refractivity contribution >= 4 is 28.3 Å². The number of pyridine rings is 1. The van der Waals surface area contributed by atoms with Crippen LogP contribution in [0.1, 0.15) is 10.5 Å². The standard InChI is InChI=1S/C22H20F4N8O/c23-16-9-14(10-28-20(16)33-7-5-32(6-8-33)13-22(24,25)26)34-12-19(30-31-34)21(35)29-18-11-27-17-4-2-1-3-15(17)18/h1-4,9-12,27H,5-8,13H2,(H,29,35). The number of rotatable bonds is 5. The quantitative estimate of drug-likeness (QED) is 0.419. The zero-order valence-electron chi connectivity index (χ0n) is 18.3. The van der Waals surface area contributed by atoms with Crippen molar-refractivity contribution in [1.29, 1.82) is 0 Å². The summed E-state index contributed by atoms with van der Waals surface area (Å²) in [5.74, 6) is -1.08. The Bertz CT molecular complexity index is 1360. The molecule has 0 spiro atoms. The number of piperazine rings is 1. The number of amides is 1. The van der Waals surface area contributed by atoms with Gasteiger partial charge in [0.1, 0.15) is 0 Å². The van der Waals surface area contributed by atoms with Gasteiger partial charge in [0.05, 0.1) is 30.3 Å². The average Bonchev–Trinajstić information content (AvgIpc) is 3.47. The first-order valence-corrected chi connectivity index (χ1v) is 10.8. The highest BCUT2D eigenvalue weighted by Gasteiger charge is 2.32. The van der Waals surface area contributed by atoms with E-state index < -0.39 is 24.4 Å². The van der Waals surface area contributed by atoms with Crippen molar-refractivity contribution in [2.45, 2.75) is 6.18 Å². The zero-order chi connectivity index (χ0) is 24.6. The molecule has 2 N–H and O–H groups in total. The summed E-state index contributed by atoms with van der Waals surface area (Å²) in [5.41, 5.74) is 1.74. The average molecular weight is 488 g/mol. The molecule has 0 unspecified atom stereocenters. The van der Waals surface area contributed by atoms with Crippen molar-refractivity contribution in [2.75, 3.05) is 42.9 Å². The third-order valence-corrected chi connectivity index (χ3v) is 5.71. The van der Waals surface area contributed by atoms with Gasteiger partial charge in [-0.05, 0) is 6.07 Å². The summed E-state index contributed by atoms with van der Waals surface area (Å²) < 4.78 is 53.8. The van der Waals surface area contributed by atoms with Gasteiger partial charge in [0.2, 0.25) is 0 Å². The fourth-order valence-electron chi connectivity index (χ4n) is 4.01. The number of fused-ring (bicyclic) bond motifs is 1. The van der Waals surface area contributed by atoms with Gasteiger partial charge >= 0.3 is 6.18 Å². The summed E-state index contributed by atoms with van der Waals surface area (Å²) in [7, 11) is 0. The van der Waals surface area contributed by atoms with E-state index >= 15 is 0 Å². The van der Waals surface area contributed by atoms with Gasteiger partial charge in [0, 0.05) is 49.3 Å². The Kier molecular flexibility index (Phi) is 5.84. The molecule has 35 heavy (non-hydrogen) atoms. The summed E-state index contributed by atoms with van der Waals surface area (Å²) in [6.45, 7) is -0.236. The maximum absolute atomic E-state index is 14.8. The molecule has 1 fully saturated rings. The number of hydrogen-bond acceptors (Lipinski definition) is 6. The highest BCUT2D eigenvalue weighted by molar-refractivity contribution is 6.07. The molecule has 182 valence electrons. The van der Waals surface area contributed by atoms with Crippen molar-refractivity contribution < 1.29 is 22.4 Å². The van der Waals surface area contributed by atoms with E-state index in [1.54, 1.807) is 11.1 Å². The molecule has 9 nitrogen and oxygen atoms in total. The molecule has 5 rings (SSSR count). The minimum atomic E-state index is -4.27. The Balaban J connectivity index is 1.26. The van der Waals surface area contributed by atoms with Crippen LogP contribution in [0, 0.1) is 5.82 Å². The zero-order valence-corrected chi connectivity index (χ0v) is 18.3. The normalized spacial score (nSPS) is 15.0. The van der Waals surface area contributed by atoms with E-state index in [1.807, 2.05) is 24.3 Å². The summed E-state index contributed by atoms with van der Waals surface area (Å²) in [6, 6.07) is 8.68. The van der Waals surface area contributed by atoms with Gasteiger partial charge in [-0.1, -0.05) is 23.4 Å². The molecule has 0 aliphatic carbocycles. The highest BCUT2D eigenvalue weighted by Crippen LogP contribution is 2.24. The molecule has 1 saturated heterocycles. The summed E-state index contributed by atoms with van der Waals surface area (Å²) in [4.78, 5) is 22.7. The first-order chi connectivity index (χ1) is 16.8. The van der Waals surface area contributed by atoms with E-state index in [1.165, 1.54) is 28.0 Å². The van der Waals surface area contributed by atoms with E-state index in [4.69, 9.17) is 0 Å². The van der Waals surface area contributed by atoms with Crippen molar-refractivity contribution in [1.82, 2.24) is 29.9 Å². The van der Waals surface area contributed by atoms with Crippen LogP contribution in [0.15, 0.2) is 48.9 Å². The van der Waals surface area contributed by atoms with Gasteiger partial charge in [0.25, 0.3) is 5.91 Å². The molecule has 4 aromatic rings. The number of halogens is 4. The second kappa shape index (κ2) is 8.98. The number of aromatic amines is 1. The van der Waals surface area contributed by atoms with Crippen LogP contribution in [0.5, 0.6) is 0 Å². The van der Waals surface area contributed by atoms with Crippen LogP contribution in [-0.4, -0.2) is 74.7 Å². The molecule has 0 bridgehead atoms. The molecule has 13 heteroatoms. The SMILES string of the molecule is O=C(Nc1c[nH]c2ccccc12)c1cn(-c2cnc(N3CCN(CC(F)(F)F)CC3)c(F)c2)nn1. The van der Waals surface area contributed by atoms with E-state index in [9.17, 15) is 22.4 Å². The fourth-order valence-corrected chi connectivity index (χ4v) is 4.01. The minimum Gasteiger partial charge on any atom is -0.359 e. The van der Waals surface area contributed by atoms with E-state index in [0.717, 1.165) is 10.9 Å².